The molecule has 0 bridgehead atoms. The van der Waals surface area contributed by atoms with Gasteiger partial charge in [-0.05, 0) is 43.9 Å². The summed E-state index contributed by atoms with van der Waals surface area (Å²) in [5.41, 5.74) is 3.04. The maximum Gasteiger partial charge on any atom is 0.189 e. The maximum atomic E-state index is 5.94. The maximum absolute atomic E-state index is 5.94. The quantitative estimate of drug-likeness (QED) is 0.674. The standard InChI is InChI=1S/C13H14ClN3S/c1-8-6-10(14)4-5-11(8)16-12-7-9(2)15-13(17-12)18-3/h4-7H,1-3H3,(H,15,16,17). The highest BCUT2D eigenvalue weighted by Crippen LogP contribution is 2.23. The number of halogens is 1. The van der Waals surface area contributed by atoms with Crippen LogP contribution < -0.4 is 5.32 Å². The van der Waals surface area contributed by atoms with E-state index in [0.717, 1.165) is 32.9 Å². The Kier molecular flexibility index (Phi) is 4.09. The van der Waals surface area contributed by atoms with Crippen LogP contribution in [0.3, 0.4) is 0 Å². The highest BCUT2D eigenvalue weighted by molar-refractivity contribution is 7.98. The summed E-state index contributed by atoms with van der Waals surface area (Å²) < 4.78 is 0. The Hall–Kier alpha value is -1.26. The van der Waals surface area contributed by atoms with Crippen LogP contribution in [0.1, 0.15) is 11.3 Å². The van der Waals surface area contributed by atoms with E-state index in [4.69, 9.17) is 11.6 Å². The van der Waals surface area contributed by atoms with Crippen molar-refractivity contribution >= 4 is 34.9 Å². The molecule has 0 aliphatic carbocycles. The summed E-state index contributed by atoms with van der Waals surface area (Å²) in [6.07, 6.45) is 1.96. The van der Waals surface area contributed by atoms with Crippen molar-refractivity contribution in [1.29, 1.82) is 0 Å². The summed E-state index contributed by atoms with van der Waals surface area (Å²) in [4.78, 5) is 8.74. The number of nitrogens with one attached hydrogen (secondary N) is 1. The van der Waals surface area contributed by atoms with Crippen LogP contribution in [0.25, 0.3) is 0 Å². The summed E-state index contributed by atoms with van der Waals surface area (Å²) in [6.45, 7) is 3.97. The molecule has 5 heteroatoms. The molecule has 2 aromatic rings. The molecule has 18 heavy (non-hydrogen) atoms. The lowest BCUT2D eigenvalue weighted by Crippen LogP contribution is -1.99. The normalized spacial score (nSPS) is 10.4. The van der Waals surface area contributed by atoms with Crippen molar-refractivity contribution in [3.63, 3.8) is 0 Å². The molecule has 1 N–H and O–H groups in total. The van der Waals surface area contributed by atoms with Crippen LogP contribution >= 0.6 is 23.4 Å². The zero-order valence-corrected chi connectivity index (χ0v) is 12.1. The first-order valence-corrected chi connectivity index (χ1v) is 7.11. The highest BCUT2D eigenvalue weighted by atomic mass is 35.5. The van der Waals surface area contributed by atoms with Crippen molar-refractivity contribution in [1.82, 2.24) is 9.97 Å². The summed E-state index contributed by atoms with van der Waals surface area (Å²) in [5.74, 6) is 0.803. The third kappa shape index (κ3) is 3.15. The minimum atomic E-state index is 0.738. The number of rotatable bonds is 3. The van der Waals surface area contributed by atoms with Crippen LogP contribution in [0.5, 0.6) is 0 Å². The molecule has 0 radical (unpaired) electrons. The van der Waals surface area contributed by atoms with E-state index in [-0.39, 0.29) is 0 Å². The molecule has 0 amide bonds. The van der Waals surface area contributed by atoms with Crippen LogP contribution in [0.15, 0.2) is 29.4 Å². The Balaban J connectivity index is 2.30. The SMILES string of the molecule is CSc1nc(C)cc(Nc2ccc(Cl)cc2C)n1. The lowest BCUT2D eigenvalue weighted by Gasteiger charge is -2.10. The topological polar surface area (TPSA) is 37.8 Å². The Bertz CT molecular complexity index is 572. The van der Waals surface area contributed by atoms with Gasteiger partial charge in [0.2, 0.25) is 0 Å². The van der Waals surface area contributed by atoms with Crippen LogP contribution in [-0.4, -0.2) is 16.2 Å². The average molecular weight is 280 g/mol. The van der Waals surface area contributed by atoms with Gasteiger partial charge in [0.25, 0.3) is 0 Å². The molecular formula is C13H14ClN3S. The number of aryl methyl sites for hydroxylation is 2. The minimum Gasteiger partial charge on any atom is -0.340 e. The molecule has 2 rings (SSSR count). The van der Waals surface area contributed by atoms with Crippen LogP contribution in [0.2, 0.25) is 5.02 Å². The van der Waals surface area contributed by atoms with Crippen molar-refractivity contribution < 1.29 is 0 Å². The molecule has 0 saturated carbocycles. The molecule has 1 aromatic carbocycles. The molecule has 0 saturated heterocycles. The van der Waals surface area contributed by atoms with E-state index in [2.05, 4.69) is 15.3 Å². The number of benzene rings is 1. The number of nitrogens with zero attached hydrogens (tertiary/aromatic N) is 2. The van der Waals surface area contributed by atoms with Gasteiger partial charge in [-0.2, -0.15) is 0 Å². The molecule has 0 spiro atoms. The summed E-state index contributed by atoms with van der Waals surface area (Å²) in [7, 11) is 0. The van der Waals surface area contributed by atoms with E-state index in [9.17, 15) is 0 Å². The monoisotopic (exact) mass is 279 g/mol. The fourth-order valence-electron chi connectivity index (χ4n) is 1.60. The van der Waals surface area contributed by atoms with Gasteiger partial charge >= 0.3 is 0 Å². The first-order chi connectivity index (χ1) is 8.58. The molecule has 0 unspecified atom stereocenters. The molecule has 0 atom stereocenters. The predicted molar refractivity (Wildman–Crippen MR) is 78.0 cm³/mol. The number of hydrogen-bond acceptors (Lipinski definition) is 4. The smallest absolute Gasteiger partial charge is 0.189 e. The first kappa shape index (κ1) is 13.2. The third-order valence-electron chi connectivity index (χ3n) is 2.47. The lowest BCUT2D eigenvalue weighted by atomic mass is 10.2. The van der Waals surface area contributed by atoms with E-state index < -0.39 is 0 Å². The van der Waals surface area contributed by atoms with Crippen molar-refractivity contribution in [2.75, 3.05) is 11.6 Å². The highest BCUT2D eigenvalue weighted by Gasteiger charge is 2.04. The molecule has 1 aromatic heterocycles. The van der Waals surface area contributed by atoms with E-state index in [1.807, 2.05) is 44.4 Å². The number of hydrogen-bond donors (Lipinski definition) is 1. The second-order valence-corrected chi connectivity index (χ2v) is 5.18. The summed E-state index contributed by atoms with van der Waals surface area (Å²) in [6, 6.07) is 7.66. The predicted octanol–water partition coefficient (Wildman–Crippen LogP) is 4.21. The van der Waals surface area contributed by atoms with E-state index in [1.54, 1.807) is 0 Å². The number of aromatic nitrogens is 2. The third-order valence-corrected chi connectivity index (χ3v) is 3.25. The Morgan fingerprint density at radius 1 is 1.17 bits per heavy atom. The Labute approximate surface area is 116 Å². The van der Waals surface area contributed by atoms with Crippen molar-refractivity contribution in [2.24, 2.45) is 0 Å². The van der Waals surface area contributed by atoms with Gasteiger partial charge in [0.15, 0.2) is 5.16 Å². The second-order valence-electron chi connectivity index (χ2n) is 3.97. The van der Waals surface area contributed by atoms with Crippen LogP contribution in [-0.2, 0) is 0 Å². The largest absolute Gasteiger partial charge is 0.340 e. The minimum absolute atomic E-state index is 0.738. The van der Waals surface area contributed by atoms with Gasteiger partial charge in [-0.1, -0.05) is 23.4 Å². The van der Waals surface area contributed by atoms with Crippen LogP contribution in [0.4, 0.5) is 11.5 Å². The van der Waals surface area contributed by atoms with Gasteiger partial charge in [0.05, 0.1) is 0 Å². The molecule has 3 nitrogen and oxygen atoms in total. The summed E-state index contributed by atoms with van der Waals surface area (Å²) >= 11 is 7.47. The zero-order chi connectivity index (χ0) is 13.1. The molecule has 1 heterocycles. The van der Waals surface area contributed by atoms with Gasteiger partial charge in [0.1, 0.15) is 5.82 Å². The molecule has 94 valence electrons. The fourth-order valence-corrected chi connectivity index (χ4v) is 2.25. The van der Waals surface area contributed by atoms with Gasteiger partial charge in [-0.3, -0.25) is 0 Å². The zero-order valence-electron chi connectivity index (χ0n) is 10.5. The van der Waals surface area contributed by atoms with E-state index in [1.165, 1.54) is 11.8 Å². The van der Waals surface area contributed by atoms with Crippen molar-refractivity contribution in [3.05, 3.63) is 40.5 Å². The molecular weight excluding hydrogens is 266 g/mol. The van der Waals surface area contributed by atoms with Gasteiger partial charge in [-0.25, -0.2) is 9.97 Å². The van der Waals surface area contributed by atoms with Crippen molar-refractivity contribution in [3.8, 4) is 0 Å². The van der Waals surface area contributed by atoms with Gasteiger partial charge in [0, 0.05) is 22.5 Å². The second kappa shape index (κ2) is 5.59. The van der Waals surface area contributed by atoms with Crippen molar-refractivity contribution in [2.45, 2.75) is 19.0 Å². The average Bonchev–Trinajstić information content (AvgIpc) is 2.32. The molecule has 0 aliphatic rings. The fraction of sp³-hybridized carbons (Fsp3) is 0.231. The summed E-state index contributed by atoms with van der Waals surface area (Å²) in [5, 5.41) is 4.80. The van der Waals surface area contributed by atoms with Gasteiger partial charge < -0.3 is 5.32 Å². The first-order valence-electron chi connectivity index (χ1n) is 5.51. The lowest BCUT2D eigenvalue weighted by molar-refractivity contribution is 0.940. The van der Waals surface area contributed by atoms with Gasteiger partial charge in [-0.15, -0.1) is 0 Å². The Morgan fingerprint density at radius 2 is 1.94 bits per heavy atom. The van der Waals surface area contributed by atoms with Crippen LogP contribution in [0, 0.1) is 13.8 Å². The van der Waals surface area contributed by atoms with E-state index >= 15 is 0 Å². The Morgan fingerprint density at radius 3 is 2.61 bits per heavy atom. The number of thioether (sulfide) groups is 1. The van der Waals surface area contributed by atoms with E-state index in [0.29, 0.717) is 0 Å². The number of anilines is 2. The molecule has 0 aliphatic heterocycles. The molecule has 0 fully saturated rings.